The Bertz CT molecular complexity index is 576. The molecule has 1 aromatic heterocycles. The third kappa shape index (κ3) is 2.13. The van der Waals surface area contributed by atoms with Crippen LogP contribution in [0.25, 0.3) is 10.9 Å². The molecular formula is C15H20N2O. The summed E-state index contributed by atoms with van der Waals surface area (Å²) in [5, 5.41) is 0.982. The van der Waals surface area contributed by atoms with Gasteiger partial charge in [-0.15, -0.1) is 0 Å². The Balaban J connectivity index is 2.69. The lowest BCUT2D eigenvalue weighted by Crippen LogP contribution is -2.03. The highest BCUT2D eigenvalue weighted by atomic mass is 16.5. The molecule has 96 valence electrons. The van der Waals surface area contributed by atoms with Gasteiger partial charge in [-0.25, -0.2) is 0 Å². The zero-order valence-electron chi connectivity index (χ0n) is 11.4. The summed E-state index contributed by atoms with van der Waals surface area (Å²) < 4.78 is 5.52. The second-order valence-corrected chi connectivity index (χ2v) is 4.79. The van der Waals surface area contributed by atoms with Crippen LogP contribution < -0.4 is 10.5 Å². The smallest absolute Gasteiger partial charge is 0.120 e. The van der Waals surface area contributed by atoms with Crippen molar-refractivity contribution in [3.8, 4) is 5.75 Å². The molecule has 2 aromatic rings. The van der Waals surface area contributed by atoms with Crippen molar-refractivity contribution in [2.24, 2.45) is 0 Å². The second-order valence-electron chi connectivity index (χ2n) is 4.79. The van der Waals surface area contributed by atoms with Crippen LogP contribution >= 0.6 is 0 Å². The summed E-state index contributed by atoms with van der Waals surface area (Å²) in [6, 6.07) is 5.88. The molecular weight excluding hydrogens is 224 g/mol. The van der Waals surface area contributed by atoms with Crippen LogP contribution in [0.3, 0.4) is 0 Å². The summed E-state index contributed by atoms with van der Waals surface area (Å²) in [6.45, 7) is 8.92. The molecule has 3 heteroatoms. The molecule has 0 spiro atoms. The molecule has 18 heavy (non-hydrogen) atoms. The Labute approximate surface area is 108 Å². The van der Waals surface area contributed by atoms with E-state index in [9.17, 15) is 0 Å². The van der Waals surface area contributed by atoms with Crippen LogP contribution in [0.5, 0.6) is 5.75 Å². The van der Waals surface area contributed by atoms with Gasteiger partial charge in [0.2, 0.25) is 0 Å². The van der Waals surface area contributed by atoms with Gasteiger partial charge in [-0.3, -0.25) is 4.98 Å². The number of nitrogens with two attached hydrogens (primary N) is 1. The van der Waals surface area contributed by atoms with Crippen molar-refractivity contribution in [1.29, 1.82) is 0 Å². The number of aromatic nitrogens is 1. The van der Waals surface area contributed by atoms with Gasteiger partial charge in [-0.1, -0.05) is 13.8 Å². The number of ether oxygens (including phenoxy) is 1. The number of hydrogen-bond acceptors (Lipinski definition) is 3. The maximum atomic E-state index is 6.29. The van der Waals surface area contributed by atoms with Crippen LogP contribution in [0.15, 0.2) is 18.2 Å². The van der Waals surface area contributed by atoms with E-state index in [-0.39, 0.29) is 0 Å². The number of pyridine rings is 1. The van der Waals surface area contributed by atoms with Gasteiger partial charge in [-0.05, 0) is 43.5 Å². The Kier molecular flexibility index (Phi) is 3.41. The highest BCUT2D eigenvalue weighted by Gasteiger charge is 2.13. The third-order valence-electron chi connectivity index (χ3n) is 3.11. The standard InChI is InChI=1S/C15H20N2O/c1-5-18-11-6-7-13-12(8-11)15(16)14(9(2)3)10(4)17-13/h6-9H,5H2,1-4H3,(H2,16,17). The molecule has 0 atom stereocenters. The van der Waals surface area contributed by atoms with Gasteiger partial charge in [0, 0.05) is 16.8 Å². The van der Waals surface area contributed by atoms with Crippen LogP contribution in [0.4, 0.5) is 5.69 Å². The molecule has 1 heterocycles. The zero-order chi connectivity index (χ0) is 13.3. The molecule has 0 aliphatic carbocycles. The Morgan fingerprint density at radius 1 is 1.33 bits per heavy atom. The lowest BCUT2D eigenvalue weighted by Gasteiger charge is -2.15. The van der Waals surface area contributed by atoms with Crippen molar-refractivity contribution in [2.45, 2.75) is 33.6 Å². The number of aryl methyl sites for hydroxylation is 1. The molecule has 2 N–H and O–H groups in total. The highest BCUT2D eigenvalue weighted by Crippen LogP contribution is 2.32. The van der Waals surface area contributed by atoms with E-state index in [1.165, 1.54) is 0 Å². The van der Waals surface area contributed by atoms with E-state index in [0.29, 0.717) is 12.5 Å². The maximum absolute atomic E-state index is 6.29. The van der Waals surface area contributed by atoms with Crippen molar-refractivity contribution in [3.05, 3.63) is 29.5 Å². The number of anilines is 1. The molecule has 0 bridgehead atoms. The average molecular weight is 244 g/mol. The van der Waals surface area contributed by atoms with Gasteiger partial charge in [0.1, 0.15) is 5.75 Å². The first-order valence-electron chi connectivity index (χ1n) is 6.37. The van der Waals surface area contributed by atoms with Crippen LogP contribution in [-0.4, -0.2) is 11.6 Å². The summed E-state index contributed by atoms with van der Waals surface area (Å²) >= 11 is 0. The maximum Gasteiger partial charge on any atom is 0.120 e. The van der Waals surface area contributed by atoms with Gasteiger partial charge in [-0.2, -0.15) is 0 Å². The van der Waals surface area contributed by atoms with Gasteiger partial charge in [0.25, 0.3) is 0 Å². The molecule has 1 aromatic carbocycles. The molecule has 0 aliphatic heterocycles. The van der Waals surface area contributed by atoms with Crippen molar-refractivity contribution >= 4 is 16.6 Å². The summed E-state index contributed by atoms with van der Waals surface area (Å²) in [4.78, 5) is 4.62. The summed E-state index contributed by atoms with van der Waals surface area (Å²) in [6.07, 6.45) is 0. The third-order valence-corrected chi connectivity index (χ3v) is 3.11. The van der Waals surface area contributed by atoms with E-state index >= 15 is 0 Å². The number of nitrogen functional groups attached to an aromatic ring is 1. The molecule has 0 radical (unpaired) electrons. The van der Waals surface area contributed by atoms with Crippen molar-refractivity contribution in [2.75, 3.05) is 12.3 Å². The van der Waals surface area contributed by atoms with Crippen LogP contribution in [0, 0.1) is 6.92 Å². The summed E-state index contributed by atoms with van der Waals surface area (Å²) in [5.41, 5.74) is 10.2. The van der Waals surface area contributed by atoms with E-state index < -0.39 is 0 Å². The monoisotopic (exact) mass is 244 g/mol. The topological polar surface area (TPSA) is 48.1 Å². The molecule has 3 nitrogen and oxygen atoms in total. The lowest BCUT2D eigenvalue weighted by atomic mass is 9.97. The molecule has 0 aliphatic rings. The van der Waals surface area contributed by atoms with Crippen molar-refractivity contribution < 1.29 is 4.74 Å². The van der Waals surface area contributed by atoms with Crippen LogP contribution in [0.1, 0.15) is 37.9 Å². The van der Waals surface area contributed by atoms with E-state index in [0.717, 1.165) is 33.6 Å². The number of benzene rings is 1. The quantitative estimate of drug-likeness (QED) is 0.896. The van der Waals surface area contributed by atoms with Gasteiger partial charge < -0.3 is 10.5 Å². The first kappa shape index (κ1) is 12.7. The highest BCUT2D eigenvalue weighted by molar-refractivity contribution is 5.93. The predicted octanol–water partition coefficient (Wildman–Crippen LogP) is 3.65. The number of rotatable bonds is 3. The van der Waals surface area contributed by atoms with Gasteiger partial charge in [0.05, 0.1) is 12.1 Å². The fraction of sp³-hybridized carbons (Fsp3) is 0.400. The van der Waals surface area contributed by atoms with Crippen LogP contribution in [0.2, 0.25) is 0 Å². The largest absolute Gasteiger partial charge is 0.494 e. The summed E-state index contributed by atoms with van der Waals surface area (Å²) in [7, 11) is 0. The Morgan fingerprint density at radius 3 is 2.67 bits per heavy atom. The number of fused-ring (bicyclic) bond motifs is 1. The Hall–Kier alpha value is -1.77. The van der Waals surface area contributed by atoms with E-state index in [1.54, 1.807) is 0 Å². The SMILES string of the molecule is CCOc1ccc2nc(C)c(C(C)C)c(N)c2c1. The minimum atomic E-state index is 0.373. The fourth-order valence-electron chi connectivity index (χ4n) is 2.39. The fourth-order valence-corrected chi connectivity index (χ4v) is 2.39. The average Bonchev–Trinajstić information content (AvgIpc) is 2.30. The first-order chi connectivity index (χ1) is 8.54. The molecule has 0 saturated carbocycles. The minimum absolute atomic E-state index is 0.373. The normalized spacial score (nSPS) is 11.2. The van der Waals surface area contributed by atoms with Crippen molar-refractivity contribution in [1.82, 2.24) is 4.98 Å². The van der Waals surface area contributed by atoms with E-state index in [4.69, 9.17) is 10.5 Å². The first-order valence-corrected chi connectivity index (χ1v) is 6.37. The van der Waals surface area contributed by atoms with E-state index in [1.807, 2.05) is 32.0 Å². The number of hydrogen-bond donors (Lipinski definition) is 1. The molecule has 2 rings (SSSR count). The lowest BCUT2D eigenvalue weighted by molar-refractivity contribution is 0.340. The minimum Gasteiger partial charge on any atom is -0.494 e. The second kappa shape index (κ2) is 4.84. The number of nitrogens with zero attached hydrogens (tertiary/aromatic N) is 1. The molecule has 0 amide bonds. The molecule has 0 unspecified atom stereocenters. The van der Waals surface area contributed by atoms with Gasteiger partial charge >= 0.3 is 0 Å². The Morgan fingerprint density at radius 2 is 2.06 bits per heavy atom. The zero-order valence-corrected chi connectivity index (χ0v) is 11.4. The van der Waals surface area contributed by atoms with Gasteiger partial charge in [0.15, 0.2) is 0 Å². The summed E-state index contributed by atoms with van der Waals surface area (Å²) in [5.74, 6) is 1.22. The predicted molar refractivity (Wildman–Crippen MR) is 76.2 cm³/mol. The van der Waals surface area contributed by atoms with E-state index in [2.05, 4.69) is 18.8 Å². The van der Waals surface area contributed by atoms with Crippen LogP contribution in [-0.2, 0) is 0 Å². The van der Waals surface area contributed by atoms with Crippen molar-refractivity contribution in [3.63, 3.8) is 0 Å². The molecule has 0 fully saturated rings. The molecule has 0 saturated heterocycles.